The Hall–Kier alpha value is -3.64. The Morgan fingerprint density at radius 3 is 2.14 bits per heavy atom. The lowest BCUT2D eigenvalue weighted by atomic mass is 10.2. The molecule has 3 rings (SSSR count). The lowest BCUT2D eigenvalue weighted by Gasteiger charge is -2.05. The summed E-state index contributed by atoms with van der Waals surface area (Å²) in [6, 6.07) is 18.9. The Balaban J connectivity index is 1.55. The number of amides is 1. The molecule has 2 N–H and O–H groups in total. The van der Waals surface area contributed by atoms with Crippen molar-refractivity contribution in [3.05, 3.63) is 94.5 Å². The maximum absolute atomic E-state index is 12.1. The smallest absolute Gasteiger partial charge is 0.343 e. The van der Waals surface area contributed by atoms with Crippen molar-refractivity contribution in [3.63, 3.8) is 0 Å². The minimum Gasteiger partial charge on any atom is -0.508 e. The Bertz CT molecular complexity index is 998. The number of halogens is 1. The molecule has 0 saturated carbocycles. The summed E-state index contributed by atoms with van der Waals surface area (Å²) in [5.74, 6) is -0.425. The number of aromatic hydroxyl groups is 1. The zero-order valence-corrected chi connectivity index (χ0v) is 15.3. The second-order valence-corrected chi connectivity index (χ2v) is 6.15. The van der Waals surface area contributed by atoms with Gasteiger partial charge in [-0.3, -0.25) is 4.79 Å². The fraction of sp³-hybridized carbons (Fsp3) is 0. The first-order chi connectivity index (χ1) is 13.5. The van der Waals surface area contributed by atoms with Crippen LogP contribution in [0.1, 0.15) is 26.3 Å². The lowest BCUT2D eigenvalue weighted by Crippen LogP contribution is -2.17. The number of carbonyl (C=O) groups excluding carboxylic acids is 2. The number of ether oxygens (including phenoxy) is 1. The number of hydrogen-bond acceptors (Lipinski definition) is 5. The molecule has 3 aromatic carbocycles. The molecule has 0 aliphatic heterocycles. The molecular weight excluding hydrogens is 380 g/mol. The fourth-order valence-electron chi connectivity index (χ4n) is 2.22. The fourth-order valence-corrected chi connectivity index (χ4v) is 2.34. The maximum atomic E-state index is 12.1. The van der Waals surface area contributed by atoms with Crippen molar-refractivity contribution in [1.82, 2.24) is 5.43 Å². The van der Waals surface area contributed by atoms with E-state index < -0.39 is 11.9 Å². The third-order valence-corrected chi connectivity index (χ3v) is 3.93. The highest BCUT2D eigenvalue weighted by Gasteiger charge is 2.08. The number of esters is 1. The van der Waals surface area contributed by atoms with E-state index in [1.807, 2.05) is 0 Å². The average Bonchev–Trinajstić information content (AvgIpc) is 2.70. The van der Waals surface area contributed by atoms with Crippen molar-refractivity contribution in [3.8, 4) is 11.5 Å². The van der Waals surface area contributed by atoms with Crippen LogP contribution in [-0.2, 0) is 0 Å². The first-order valence-electron chi connectivity index (χ1n) is 8.21. The SMILES string of the molecule is O=C(N/N=C/c1ccc(OC(=O)c2ccc(Cl)cc2)cc1)c1ccc(O)cc1. The van der Waals surface area contributed by atoms with Gasteiger partial charge in [0.25, 0.3) is 5.91 Å². The zero-order chi connectivity index (χ0) is 19.9. The van der Waals surface area contributed by atoms with Crippen molar-refractivity contribution < 1.29 is 19.4 Å². The molecule has 0 aliphatic rings. The standard InChI is InChI=1S/C21H15ClN2O4/c22-17-7-3-16(4-8-17)21(27)28-19-11-1-14(2-12-19)13-23-24-20(26)15-5-9-18(25)10-6-15/h1-13,25H,(H,24,26)/b23-13+. The van der Waals surface area contributed by atoms with E-state index in [0.29, 0.717) is 27.5 Å². The first-order valence-corrected chi connectivity index (χ1v) is 8.59. The van der Waals surface area contributed by atoms with E-state index >= 15 is 0 Å². The van der Waals surface area contributed by atoms with Crippen molar-refractivity contribution >= 4 is 29.7 Å². The summed E-state index contributed by atoms with van der Waals surface area (Å²) >= 11 is 5.80. The van der Waals surface area contributed by atoms with Crippen LogP contribution >= 0.6 is 11.6 Å². The quantitative estimate of drug-likeness (QED) is 0.296. The number of phenolic OH excluding ortho intramolecular Hbond substituents is 1. The molecule has 0 fully saturated rings. The largest absolute Gasteiger partial charge is 0.508 e. The van der Waals surface area contributed by atoms with Gasteiger partial charge in [0.1, 0.15) is 11.5 Å². The molecule has 0 aromatic heterocycles. The Kier molecular flexibility index (Phi) is 6.04. The van der Waals surface area contributed by atoms with Crippen LogP contribution in [0.5, 0.6) is 11.5 Å². The van der Waals surface area contributed by atoms with Crippen LogP contribution in [0.2, 0.25) is 5.02 Å². The Morgan fingerprint density at radius 1 is 0.893 bits per heavy atom. The third-order valence-electron chi connectivity index (χ3n) is 3.68. The number of hydrazone groups is 1. The summed E-state index contributed by atoms with van der Waals surface area (Å²) in [6.07, 6.45) is 1.46. The molecule has 7 heteroatoms. The average molecular weight is 395 g/mol. The van der Waals surface area contributed by atoms with Gasteiger partial charge in [-0.25, -0.2) is 10.2 Å². The van der Waals surface area contributed by atoms with E-state index in [2.05, 4.69) is 10.5 Å². The predicted octanol–water partition coefficient (Wildman–Crippen LogP) is 4.03. The summed E-state index contributed by atoms with van der Waals surface area (Å²) < 4.78 is 5.29. The molecule has 0 saturated heterocycles. The van der Waals surface area contributed by atoms with Gasteiger partial charge in [0.15, 0.2) is 0 Å². The molecular formula is C21H15ClN2O4. The van der Waals surface area contributed by atoms with E-state index in [0.717, 1.165) is 0 Å². The minimum atomic E-state index is -0.487. The second kappa shape index (κ2) is 8.83. The summed E-state index contributed by atoms with van der Waals surface area (Å²) in [6.45, 7) is 0. The molecule has 0 aliphatic carbocycles. The van der Waals surface area contributed by atoms with E-state index in [1.165, 1.54) is 30.5 Å². The lowest BCUT2D eigenvalue weighted by molar-refractivity contribution is 0.0734. The monoisotopic (exact) mass is 394 g/mol. The zero-order valence-electron chi connectivity index (χ0n) is 14.5. The molecule has 0 heterocycles. The van der Waals surface area contributed by atoms with Gasteiger partial charge in [-0.1, -0.05) is 11.6 Å². The molecule has 140 valence electrons. The van der Waals surface area contributed by atoms with Gasteiger partial charge in [0, 0.05) is 10.6 Å². The molecule has 3 aromatic rings. The van der Waals surface area contributed by atoms with Crippen LogP contribution in [0.25, 0.3) is 0 Å². The highest BCUT2D eigenvalue weighted by atomic mass is 35.5. The van der Waals surface area contributed by atoms with Crippen molar-refractivity contribution in [2.75, 3.05) is 0 Å². The summed E-state index contributed by atoms with van der Waals surface area (Å²) in [5, 5.41) is 13.6. The molecule has 6 nitrogen and oxygen atoms in total. The van der Waals surface area contributed by atoms with Gasteiger partial charge < -0.3 is 9.84 Å². The van der Waals surface area contributed by atoms with E-state index in [4.69, 9.17) is 16.3 Å². The number of carbonyl (C=O) groups is 2. The molecule has 1 amide bonds. The van der Waals surface area contributed by atoms with E-state index in [-0.39, 0.29) is 5.75 Å². The van der Waals surface area contributed by atoms with Crippen LogP contribution in [0.3, 0.4) is 0 Å². The number of nitrogens with zero attached hydrogens (tertiary/aromatic N) is 1. The van der Waals surface area contributed by atoms with Crippen LogP contribution < -0.4 is 10.2 Å². The topological polar surface area (TPSA) is 88.0 Å². The van der Waals surface area contributed by atoms with E-state index in [1.54, 1.807) is 48.5 Å². The highest BCUT2D eigenvalue weighted by molar-refractivity contribution is 6.30. The third kappa shape index (κ3) is 5.18. The number of hydrogen-bond donors (Lipinski definition) is 2. The maximum Gasteiger partial charge on any atom is 0.343 e. The number of nitrogens with one attached hydrogen (secondary N) is 1. The van der Waals surface area contributed by atoms with Crippen molar-refractivity contribution in [2.45, 2.75) is 0 Å². The highest BCUT2D eigenvalue weighted by Crippen LogP contribution is 2.15. The first kappa shape index (κ1) is 19.1. The van der Waals surface area contributed by atoms with Gasteiger partial charge >= 0.3 is 5.97 Å². The van der Waals surface area contributed by atoms with Crippen LogP contribution in [0.4, 0.5) is 0 Å². The van der Waals surface area contributed by atoms with Gasteiger partial charge in [-0.15, -0.1) is 0 Å². The normalized spacial score (nSPS) is 10.6. The van der Waals surface area contributed by atoms with Crippen molar-refractivity contribution in [2.24, 2.45) is 5.10 Å². The Morgan fingerprint density at radius 2 is 1.50 bits per heavy atom. The van der Waals surface area contributed by atoms with E-state index in [9.17, 15) is 14.7 Å². The van der Waals surface area contributed by atoms with Gasteiger partial charge in [-0.05, 0) is 78.4 Å². The molecule has 0 spiro atoms. The number of phenols is 1. The summed E-state index contributed by atoms with van der Waals surface area (Å²) in [4.78, 5) is 24.0. The molecule has 0 bridgehead atoms. The number of rotatable bonds is 5. The Labute approximate surface area is 166 Å². The van der Waals surface area contributed by atoms with Crippen LogP contribution in [0.15, 0.2) is 77.9 Å². The minimum absolute atomic E-state index is 0.0805. The number of benzene rings is 3. The summed E-state index contributed by atoms with van der Waals surface area (Å²) in [5.41, 5.74) is 3.87. The molecule has 28 heavy (non-hydrogen) atoms. The van der Waals surface area contributed by atoms with Gasteiger partial charge in [0.2, 0.25) is 0 Å². The van der Waals surface area contributed by atoms with Crippen molar-refractivity contribution in [1.29, 1.82) is 0 Å². The molecule has 0 radical (unpaired) electrons. The molecule has 0 unspecified atom stereocenters. The summed E-state index contributed by atoms with van der Waals surface area (Å²) in [7, 11) is 0. The molecule has 0 atom stereocenters. The van der Waals surface area contributed by atoms with Crippen LogP contribution in [-0.4, -0.2) is 23.2 Å². The predicted molar refractivity (Wildman–Crippen MR) is 106 cm³/mol. The van der Waals surface area contributed by atoms with Gasteiger partial charge in [-0.2, -0.15) is 5.10 Å². The second-order valence-electron chi connectivity index (χ2n) is 5.71. The van der Waals surface area contributed by atoms with Crippen LogP contribution in [0, 0.1) is 0 Å². The van der Waals surface area contributed by atoms with Gasteiger partial charge in [0.05, 0.1) is 11.8 Å².